The van der Waals surface area contributed by atoms with E-state index in [1.807, 2.05) is 0 Å². The maximum Gasteiger partial charge on any atom is 0.261 e. The summed E-state index contributed by atoms with van der Waals surface area (Å²) in [6.45, 7) is 1.95. The highest BCUT2D eigenvalue weighted by Gasteiger charge is 2.16. The van der Waals surface area contributed by atoms with Crippen LogP contribution in [-0.4, -0.2) is 12.0 Å². The van der Waals surface area contributed by atoms with Gasteiger partial charge in [0.15, 0.2) is 6.10 Å². The van der Waals surface area contributed by atoms with E-state index in [-0.39, 0.29) is 5.91 Å². The Morgan fingerprint density at radius 3 is 2.55 bits per heavy atom. The first kappa shape index (κ1) is 16.9. The summed E-state index contributed by atoms with van der Waals surface area (Å²) in [6, 6.07) is 12.1. The Kier molecular flexibility index (Phi) is 5.95. The SMILES string of the molecule is CC(Oc1ccccc1Cl)C(=O)NCc1ccc(Cl)cc1Cl. The number of amides is 1. The standard InChI is InChI=1S/C16H14Cl3NO2/c1-10(22-15-5-3-2-4-13(15)18)16(21)20-9-11-6-7-12(17)8-14(11)19/h2-8,10H,9H2,1H3,(H,20,21). The van der Waals surface area contributed by atoms with Crippen LogP contribution in [0, 0.1) is 0 Å². The van der Waals surface area contributed by atoms with Gasteiger partial charge in [0.25, 0.3) is 5.91 Å². The van der Waals surface area contributed by atoms with E-state index in [2.05, 4.69) is 5.32 Å². The van der Waals surface area contributed by atoms with Crippen LogP contribution in [0.25, 0.3) is 0 Å². The van der Waals surface area contributed by atoms with Gasteiger partial charge in [-0.15, -0.1) is 0 Å². The summed E-state index contributed by atoms with van der Waals surface area (Å²) in [7, 11) is 0. The molecule has 0 aliphatic rings. The molecule has 0 aliphatic heterocycles. The number of hydrogen-bond donors (Lipinski definition) is 1. The Morgan fingerprint density at radius 1 is 1.14 bits per heavy atom. The molecule has 1 unspecified atom stereocenters. The average molecular weight is 359 g/mol. The first-order valence-electron chi connectivity index (χ1n) is 6.60. The van der Waals surface area contributed by atoms with E-state index in [9.17, 15) is 4.79 Å². The molecule has 6 heteroatoms. The molecule has 0 fully saturated rings. The van der Waals surface area contributed by atoms with Crippen LogP contribution in [0.3, 0.4) is 0 Å². The normalized spacial score (nSPS) is 11.8. The minimum atomic E-state index is -0.675. The second kappa shape index (κ2) is 7.73. The molecule has 0 spiro atoms. The number of benzene rings is 2. The number of halogens is 3. The van der Waals surface area contributed by atoms with Crippen LogP contribution in [0.4, 0.5) is 0 Å². The summed E-state index contributed by atoms with van der Waals surface area (Å²) in [5, 5.41) is 4.28. The van der Waals surface area contributed by atoms with Crippen molar-refractivity contribution in [3.63, 3.8) is 0 Å². The molecule has 1 amide bonds. The number of rotatable bonds is 5. The van der Waals surface area contributed by atoms with Crippen molar-refractivity contribution in [3.8, 4) is 5.75 Å². The van der Waals surface area contributed by atoms with Gasteiger partial charge in [0.05, 0.1) is 5.02 Å². The summed E-state index contributed by atoms with van der Waals surface area (Å²) >= 11 is 17.9. The van der Waals surface area contributed by atoms with Crippen LogP contribution in [0.15, 0.2) is 42.5 Å². The fraction of sp³-hybridized carbons (Fsp3) is 0.188. The zero-order chi connectivity index (χ0) is 16.1. The van der Waals surface area contributed by atoms with Crippen molar-refractivity contribution in [1.82, 2.24) is 5.32 Å². The highest BCUT2D eigenvalue weighted by Crippen LogP contribution is 2.24. The third kappa shape index (κ3) is 4.54. The first-order valence-corrected chi connectivity index (χ1v) is 7.73. The van der Waals surface area contributed by atoms with Crippen molar-refractivity contribution in [1.29, 1.82) is 0 Å². The minimum absolute atomic E-state index is 0.258. The van der Waals surface area contributed by atoms with Gasteiger partial charge in [-0.25, -0.2) is 0 Å². The number of hydrogen-bond acceptors (Lipinski definition) is 2. The summed E-state index contributed by atoms with van der Waals surface area (Å²) < 4.78 is 5.55. The third-order valence-electron chi connectivity index (χ3n) is 2.98. The van der Waals surface area contributed by atoms with Gasteiger partial charge in [0.1, 0.15) is 5.75 Å². The monoisotopic (exact) mass is 357 g/mol. The molecule has 3 nitrogen and oxygen atoms in total. The lowest BCUT2D eigenvalue weighted by atomic mass is 10.2. The largest absolute Gasteiger partial charge is 0.479 e. The number of ether oxygens (including phenoxy) is 1. The lowest BCUT2D eigenvalue weighted by Crippen LogP contribution is -2.36. The summed E-state index contributed by atoms with van der Waals surface area (Å²) in [5.41, 5.74) is 0.782. The molecule has 2 rings (SSSR count). The van der Waals surface area contributed by atoms with Crippen molar-refractivity contribution in [2.75, 3.05) is 0 Å². The van der Waals surface area contributed by atoms with E-state index in [1.54, 1.807) is 49.4 Å². The van der Waals surface area contributed by atoms with E-state index in [4.69, 9.17) is 39.5 Å². The molecular formula is C16H14Cl3NO2. The molecule has 22 heavy (non-hydrogen) atoms. The molecular weight excluding hydrogens is 345 g/mol. The molecule has 116 valence electrons. The second-order valence-corrected chi connectivity index (χ2v) is 5.89. The topological polar surface area (TPSA) is 38.3 Å². The second-order valence-electron chi connectivity index (χ2n) is 4.64. The Labute approximate surface area is 144 Å². The van der Waals surface area contributed by atoms with Gasteiger partial charge < -0.3 is 10.1 Å². The summed E-state index contributed by atoms with van der Waals surface area (Å²) in [5.74, 6) is 0.210. The van der Waals surface area contributed by atoms with Gasteiger partial charge in [-0.3, -0.25) is 4.79 Å². The van der Waals surface area contributed by atoms with Crippen LogP contribution in [-0.2, 0) is 11.3 Å². The van der Waals surface area contributed by atoms with Gasteiger partial charge in [0.2, 0.25) is 0 Å². The van der Waals surface area contributed by atoms with E-state index in [0.29, 0.717) is 27.4 Å². The maximum atomic E-state index is 12.1. The van der Waals surface area contributed by atoms with Gasteiger partial charge in [-0.1, -0.05) is 53.0 Å². The Morgan fingerprint density at radius 2 is 1.86 bits per heavy atom. The lowest BCUT2D eigenvalue weighted by Gasteiger charge is -2.16. The van der Waals surface area contributed by atoms with E-state index < -0.39 is 6.10 Å². The summed E-state index contributed by atoms with van der Waals surface area (Å²) in [4.78, 5) is 12.1. The smallest absolute Gasteiger partial charge is 0.261 e. The minimum Gasteiger partial charge on any atom is -0.479 e. The Bertz CT molecular complexity index is 676. The molecule has 0 aliphatic carbocycles. The van der Waals surface area contributed by atoms with Gasteiger partial charge >= 0.3 is 0 Å². The van der Waals surface area contributed by atoms with Crippen LogP contribution in [0.1, 0.15) is 12.5 Å². The van der Waals surface area contributed by atoms with Crippen molar-refractivity contribution >= 4 is 40.7 Å². The quantitative estimate of drug-likeness (QED) is 0.839. The molecule has 1 N–H and O–H groups in total. The molecule has 0 radical (unpaired) electrons. The van der Waals surface area contributed by atoms with Crippen LogP contribution < -0.4 is 10.1 Å². The van der Waals surface area contributed by atoms with E-state index in [1.165, 1.54) is 0 Å². The van der Waals surface area contributed by atoms with Crippen LogP contribution in [0.5, 0.6) is 5.75 Å². The number of para-hydroxylation sites is 1. The van der Waals surface area contributed by atoms with E-state index in [0.717, 1.165) is 5.56 Å². The zero-order valence-electron chi connectivity index (χ0n) is 11.8. The fourth-order valence-corrected chi connectivity index (χ4v) is 2.43. The van der Waals surface area contributed by atoms with Crippen molar-refractivity contribution in [3.05, 3.63) is 63.1 Å². The Balaban J connectivity index is 1.93. The molecule has 2 aromatic carbocycles. The predicted molar refractivity (Wildman–Crippen MR) is 89.9 cm³/mol. The molecule has 0 saturated carbocycles. The fourth-order valence-electron chi connectivity index (χ4n) is 1.78. The van der Waals surface area contributed by atoms with Gasteiger partial charge in [-0.2, -0.15) is 0 Å². The average Bonchev–Trinajstić information content (AvgIpc) is 2.48. The van der Waals surface area contributed by atoms with Crippen molar-refractivity contribution in [2.45, 2.75) is 19.6 Å². The summed E-state index contributed by atoms with van der Waals surface area (Å²) in [6.07, 6.45) is -0.675. The van der Waals surface area contributed by atoms with Crippen LogP contribution in [0.2, 0.25) is 15.1 Å². The van der Waals surface area contributed by atoms with Crippen molar-refractivity contribution < 1.29 is 9.53 Å². The zero-order valence-corrected chi connectivity index (χ0v) is 14.0. The van der Waals surface area contributed by atoms with Crippen molar-refractivity contribution in [2.24, 2.45) is 0 Å². The number of nitrogens with one attached hydrogen (secondary N) is 1. The third-order valence-corrected chi connectivity index (χ3v) is 3.88. The van der Waals surface area contributed by atoms with Gasteiger partial charge in [-0.05, 0) is 36.8 Å². The van der Waals surface area contributed by atoms with Crippen LogP contribution >= 0.6 is 34.8 Å². The number of carbonyl (C=O) groups excluding carboxylic acids is 1. The first-order chi connectivity index (χ1) is 10.5. The molecule has 2 aromatic rings. The predicted octanol–water partition coefficient (Wildman–Crippen LogP) is 4.73. The highest BCUT2D eigenvalue weighted by atomic mass is 35.5. The molecule has 0 bridgehead atoms. The molecule has 1 atom stereocenters. The molecule has 0 aromatic heterocycles. The van der Waals surface area contributed by atoms with E-state index >= 15 is 0 Å². The molecule has 0 heterocycles. The molecule has 0 saturated heterocycles. The maximum absolute atomic E-state index is 12.1. The van der Waals surface area contributed by atoms with Gasteiger partial charge in [0, 0.05) is 16.6 Å². The highest BCUT2D eigenvalue weighted by molar-refractivity contribution is 6.35. The lowest BCUT2D eigenvalue weighted by molar-refractivity contribution is -0.127. The Hall–Kier alpha value is -1.42. The number of carbonyl (C=O) groups is 1.